The van der Waals surface area contributed by atoms with Crippen LogP contribution in [-0.4, -0.2) is 55.1 Å². The van der Waals surface area contributed by atoms with E-state index in [9.17, 15) is 32.3 Å². The molecule has 4 amide bonds. The number of hydrogen-bond acceptors (Lipinski definition) is 7. The largest absolute Gasteiger partial charge is 0.416 e. The lowest BCUT2D eigenvalue weighted by Crippen LogP contribution is -2.61. The van der Waals surface area contributed by atoms with Gasteiger partial charge in [-0.15, -0.1) is 5.10 Å². The van der Waals surface area contributed by atoms with Crippen molar-refractivity contribution in [3.63, 3.8) is 0 Å². The number of carbonyl (C=O) groups excluding carboxylic acids is 4. The summed E-state index contributed by atoms with van der Waals surface area (Å²) < 4.78 is 43.8. The van der Waals surface area contributed by atoms with Crippen LogP contribution in [0.25, 0.3) is 0 Å². The second kappa shape index (κ2) is 11.0. The van der Waals surface area contributed by atoms with Gasteiger partial charge in [0.05, 0.1) is 16.7 Å². The van der Waals surface area contributed by atoms with Crippen LogP contribution in [-0.2, 0) is 22.3 Å². The molecule has 0 saturated heterocycles. The Bertz CT molecular complexity index is 1590. The van der Waals surface area contributed by atoms with Crippen LogP contribution in [0.15, 0.2) is 53.9 Å². The molecule has 4 saturated carbocycles. The molecular formula is C32H30F3N5O4S. The number of aromatic nitrogens is 2. The van der Waals surface area contributed by atoms with Crippen LogP contribution in [0.1, 0.15) is 82.1 Å². The predicted molar refractivity (Wildman–Crippen MR) is 155 cm³/mol. The zero-order chi connectivity index (χ0) is 31.5. The van der Waals surface area contributed by atoms with Crippen LogP contribution < -0.4 is 5.32 Å². The fraction of sp³-hybridized carbons (Fsp3) is 0.438. The summed E-state index contributed by atoms with van der Waals surface area (Å²) in [5.41, 5.74) is -0.387. The molecule has 0 unspecified atom stereocenters. The Morgan fingerprint density at radius 1 is 0.956 bits per heavy atom. The van der Waals surface area contributed by atoms with Gasteiger partial charge in [0.2, 0.25) is 11.8 Å². The third kappa shape index (κ3) is 5.51. The van der Waals surface area contributed by atoms with E-state index in [1.165, 1.54) is 29.2 Å². The van der Waals surface area contributed by atoms with Crippen LogP contribution in [0.2, 0.25) is 0 Å². The van der Waals surface area contributed by atoms with E-state index < -0.39 is 53.5 Å². The zero-order valence-corrected chi connectivity index (χ0v) is 24.9. The van der Waals surface area contributed by atoms with Gasteiger partial charge in [0, 0.05) is 17.5 Å². The van der Waals surface area contributed by atoms with E-state index in [2.05, 4.69) is 14.9 Å². The van der Waals surface area contributed by atoms with Gasteiger partial charge < -0.3 is 10.2 Å². The molecule has 234 valence electrons. The first kappa shape index (κ1) is 29.6. The Hall–Kier alpha value is -4.13. The minimum Gasteiger partial charge on any atom is -0.348 e. The molecule has 1 N–H and O–H groups in total. The van der Waals surface area contributed by atoms with E-state index in [1.807, 2.05) is 0 Å². The van der Waals surface area contributed by atoms with Crippen LogP contribution in [0.3, 0.4) is 0 Å². The van der Waals surface area contributed by atoms with E-state index in [0.717, 1.165) is 67.1 Å². The first-order valence-corrected chi connectivity index (χ1v) is 15.8. The molecule has 8 rings (SSSR count). The Morgan fingerprint density at radius 2 is 1.53 bits per heavy atom. The van der Waals surface area contributed by atoms with Gasteiger partial charge in [0.1, 0.15) is 12.2 Å². The molecule has 4 aliphatic carbocycles. The van der Waals surface area contributed by atoms with E-state index in [1.54, 1.807) is 17.5 Å². The van der Waals surface area contributed by atoms with Crippen LogP contribution in [0, 0.1) is 17.8 Å². The van der Waals surface area contributed by atoms with Gasteiger partial charge in [0.15, 0.2) is 6.04 Å². The van der Waals surface area contributed by atoms with E-state index in [4.69, 9.17) is 0 Å². The van der Waals surface area contributed by atoms with Gasteiger partial charge in [-0.3, -0.25) is 24.1 Å². The van der Waals surface area contributed by atoms with Gasteiger partial charge in [-0.2, -0.15) is 13.2 Å². The number of nitrogens with zero attached hydrogens (tertiary/aromatic N) is 4. The first-order valence-electron chi connectivity index (χ1n) is 15.0. The molecule has 9 nitrogen and oxygen atoms in total. The van der Waals surface area contributed by atoms with Crippen molar-refractivity contribution in [1.29, 1.82) is 0 Å². The molecule has 4 bridgehead atoms. The van der Waals surface area contributed by atoms with Crippen LogP contribution in [0.4, 0.5) is 13.2 Å². The average Bonchev–Trinajstić information content (AvgIpc) is 3.59. The van der Waals surface area contributed by atoms with Crippen molar-refractivity contribution in [2.45, 2.75) is 62.8 Å². The fourth-order valence-corrected chi connectivity index (χ4v) is 8.72. The minimum atomic E-state index is -4.55. The Labute approximate surface area is 260 Å². The van der Waals surface area contributed by atoms with Crippen molar-refractivity contribution in [3.8, 4) is 0 Å². The maximum Gasteiger partial charge on any atom is 0.416 e. The smallest absolute Gasteiger partial charge is 0.348 e. The van der Waals surface area contributed by atoms with Crippen LogP contribution in [0.5, 0.6) is 0 Å². The number of carbonyl (C=O) groups is 4. The van der Waals surface area contributed by atoms with Crippen molar-refractivity contribution >= 4 is 35.2 Å². The molecule has 3 aromatic rings. The van der Waals surface area contributed by atoms with E-state index in [-0.39, 0.29) is 23.4 Å². The third-order valence-electron chi connectivity index (χ3n) is 9.77. The minimum absolute atomic E-state index is 0.171. The van der Waals surface area contributed by atoms with Crippen molar-refractivity contribution in [2.75, 3.05) is 6.54 Å². The van der Waals surface area contributed by atoms with Gasteiger partial charge in [-0.05, 0) is 97.6 Å². The number of hydrogen-bond donors (Lipinski definition) is 1. The number of amides is 4. The number of alkyl halides is 3. The van der Waals surface area contributed by atoms with E-state index in [0.29, 0.717) is 23.3 Å². The molecule has 2 aromatic carbocycles. The molecule has 1 aliphatic heterocycles. The Morgan fingerprint density at radius 3 is 2.04 bits per heavy atom. The maximum absolute atomic E-state index is 14.3. The predicted octanol–water partition coefficient (Wildman–Crippen LogP) is 5.01. The lowest BCUT2D eigenvalue weighted by atomic mass is 9.53. The van der Waals surface area contributed by atoms with E-state index >= 15 is 0 Å². The second-order valence-corrected chi connectivity index (χ2v) is 13.5. The van der Waals surface area contributed by atoms with Gasteiger partial charge in [0.25, 0.3) is 11.8 Å². The first-order chi connectivity index (χ1) is 21.5. The molecule has 1 aromatic heterocycles. The molecule has 0 spiro atoms. The summed E-state index contributed by atoms with van der Waals surface area (Å²) in [6.45, 7) is -0.928. The number of benzene rings is 2. The summed E-state index contributed by atoms with van der Waals surface area (Å²) in [7, 11) is 0. The third-order valence-corrected chi connectivity index (χ3v) is 10.3. The normalized spacial score (nSPS) is 25.8. The monoisotopic (exact) mass is 637 g/mol. The van der Waals surface area contributed by atoms with Gasteiger partial charge in [-0.25, -0.2) is 0 Å². The number of nitrogens with one attached hydrogen (secondary N) is 1. The molecule has 0 radical (unpaired) electrons. The summed E-state index contributed by atoms with van der Waals surface area (Å²) in [6, 6.07) is 9.27. The maximum atomic E-state index is 14.3. The Balaban J connectivity index is 1.22. The SMILES string of the molecule is O=C(NC12CC3CC(CC(C3)C1)C2)[C@@H](c1csnn1)N(Cc1ccc(C(F)(F)F)cc1)C(=O)CN1C(=O)c2ccccc2C1=O. The molecule has 2 heterocycles. The average molecular weight is 638 g/mol. The topological polar surface area (TPSA) is 113 Å². The molecule has 5 aliphatic rings. The summed E-state index contributed by atoms with van der Waals surface area (Å²) in [5.74, 6) is -0.860. The Kier molecular flexibility index (Phi) is 7.25. The number of imide groups is 1. The molecule has 13 heteroatoms. The van der Waals surface area contributed by atoms with Crippen molar-refractivity contribution in [1.82, 2.24) is 24.7 Å². The number of fused-ring (bicyclic) bond motifs is 1. The number of rotatable bonds is 8. The lowest BCUT2D eigenvalue weighted by molar-refractivity contribution is -0.144. The molecule has 4 fully saturated rings. The zero-order valence-electron chi connectivity index (χ0n) is 24.1. The summed E-state index contributed by atoms with van der Waals surface area (Å²) >= 11 is 0.998. The summed E-state index contributed by atoms with van der Waals surface area (Å²) in [4.78, 5) is 56.8. The standard InChI is InChI=1S/C32H30F3N5O4S/c33-32(34,35)22-7-5-18(6-8-22)15-39(26(41)16-40-29(43)23-3-1-2-4-24(23)30(40)44)27(25-17-45-38-37-25)28(42)36-31-12-19-9-20(13-31)11-21(10-19)14-31/h1-8,17,19-21,27H,9-16H2,(H,36,42)/t19?,20?,21?,27-,31?/m1/s1. The van der Waals surface area contributed by atoms with Crippen molar-refractivity contribution in [2.24, 2.45) is 17.8 Å². The van der Waals surface area contributed by atoms with Gasteiger partial charge in [-0.1, -0.05) is 28.8 Å². The molecule has 1 atom stereocenters. The lowest BCUT2D eigenvalue weighted by Gasteiger charge is -2.57. The highest BCUT2D eigenvalue weighted by atomic mass is 32.1. The fourth-order valence-electron chi connectivity index (χ4n) is 8.25. The summed E-state index contributed by atoms with van der Waals surface area (Å²) in [6.07, 6.45) is 1.50. The highest BCUT2D eigenvalue weighted by molar-refractivity contribution is 7.03. The number of halogens is 3. The quantitative estimate of drug-likeness (QED) is 0.348. The van der Waals surface area contributed by atoms with Crippen LogP contribution >= 0.6 is 11.5 Å². The molecule has 45 heavy (non-hydrogen) atoms. The van der Waals surface area contributed by atoms with Gasteiger partial charge >= 0.3 is 6.18 Å². The highest BCUT2D eigenvalue weighted by Gasteiger charge is 2.52. The van der Waals surface area contributed by atoms with Crippen molar-refractivity contribution in [3.05, 3.63) is 81.9 Å². The molecular weight excluding hydrogens is 607 g/mol. The summed E-state index contributed by atoms with van der Waals surface area (Å²) in [5, 5.41) is 8.99. The highest BCUT2D eigenvalue weighted by Crippen LogP contribution is 2.55. The van der Waals surface area contributed by atoms with Crippen molar-refractivity contribution < 1.29 is 32.3 Å². The second-order valence-electron chi connectivity index (χ2n) is 12.9.